The van der Waals surface area contributed by atoms with Crippen molar-refractivity contribution in [3.05, 3.63) is 29.8 Å². The van der Waals surface area contributed by atoms with E-state index in [0.717, 1.165) is 50.8 Å². The Morgan fingerprint density at radius 2 is 2.00 bits per heavy atom. The van der Waals surface area contributed by atoms with E-state index in [1.165, 1.54) is 5.56 Å². The molecule has 1 N–H and O–H groups in total. The Labute approximate surface area is 158 Å². The van der Waals surface area contributed by atoms with E-state index in [4.69, 9.17) is 9.47 Å². The summed E-state index contributed by atoms with van der Waals surface area (Å²) in [4.78, 5) is 6.71. The molecule has 26 heavy (non-hydrogen) atoms. The van der Waals surface area contributed by atoms with Gasteiger partial charge in [-0.3, -0.25) is 4.99 Å². The third-order valence-electron chi connectivity index (χ3n) is 4.71. The van der Waals surface area contributed by atoms with Crippen LogP contribution in [0, 0.1) is 0 Å². The molecule has 5 heteroatoms. The third-order valence-corrected chi connectivity index (χ3v) is 4.71. The predicted molar refractivity (Wildman–Crippen MR) is 108 cm³/mol. The van der Waals surface area contributed by atoms with Gasteiger partial charge in [0, 0.05) is 26.7 Å². The number of benzene rings is 1. The van der Waals surface area contributed by atoms with Gasteiger partial charge in [0.05, 0.1) is 12.6 Å². The van der Waals surface area contributed by atoms with E-state index in [1.807, 2.05) is 13.1 Å². The highest BCUT2D eigenvalue weighted by atomic mass is 16.5. The van der Waals surface area contributed by atoms with Crippen molar-refractivity contribution in [1.29, 1.82) is 0 Å². The molecule has 5 nitrogen and oxygen atoms in total. The summed E-state index contributed by atoms with van der Waals surface area (Å²) >= 11 is 0. The Bertz CT molecular complexity index is 573. The molecule has 1 aromatic carbocycles. The van der Waals surface area contributed by atoms with Crippen molar-refractivity contribution < 1.29 is 9.47 Å². The van der Waals surface area contributed by atoms with Gasteiger partial charge in [-0.2, -0.15) is 0 Å². The molecule has 0 radical (unpaired) electrons. The number of aliphatic imine (C=N–C) groups is 1. The molecule has 1 aliphatic heterocycles. The first-order valence-corrected chi connectivity index (χ1v) is 9.74. The van der Waals surface area contributed by atoms with Crippen LogP contribution < -0.4 is 10.1 Å². The van der Waals surface area contributed by atoms with Crippen LogP contribution in [0.1, 0.15) is 46.1 Å². The van der Waals surface area contributed by atoms with E-state index >= 15 is 0 Å². The lowest BCUT2D eigenvalue weighted by Crippen LogP contribution is -2.47. The molecule has 1 saturated heterocycles. The predicted octanol–water partition coefficient (Wildman–Crippen LogP) is 3.44. The summed E-state index contributed by atoms with van der Waals surface area (Å²) in [5, 5.41) is 3.41. The van der Waals surface area contributed by atoms with E-state index in [1.54, 1.807) is 0 Å². The number of piperidine rings is 1. The van der Waals surface area contributed by atoms with Gasteiger partial charge in [0.1, 0.15) is 12.4 Å². The van der Waals surface area contributed by atoms with Gasteiger partial charge in [-0.1, -0.05) is 32.9 Å². The van der Waals surface area contributed by atoms with Crippen molar-refractivity contribution in [2.24, 2.45) is 4.99 Å². The number of guanidine groups is 1. The summed E-state index contributed by atoms with van der Waals surface area (Å²) < 4.78 is 11.6. The molecule has 1 aromatic rings. The van der Waals surface area contributed by atoms with Crippen LogP contribution in [0.15, 0.2) is 29.3 Å². The average molecular weight is 362 g/mol. The smallest absolute Gasteiger partial charge is 0.193 e. The number of ether oxygens (including phenoxy) is 2. The van der Waals surface area contributed by atoms with Gasteiger partial charge >= 0.3 is 0 Å². The maximum atomic E-state index is 5.92. The van der Waals surface area contributed by atoms with Crippen LogP contribution >= 0.6 is 0 Å². The Hall–Kier alpha value is -1.75. The number of hydrogen-bond donors (Lipinski definition) is 1. The zero-order valence-corrected chi connectivity index (χ0v) is 17.0. The summed E-state index contributed by atoms with van der Waals surface area (Å²) in [6, 6.07) is 8.36. The zero-order chi connectivity index (χ0) is 19.0. The SMILES string of the molecule is CCOC1CCN(C(=NC)NCCOc2cccc(C(C)(C)C)c2)CC1. The summed E-state index contributed by atoms with van der Waals surface area (Å²) in [7, 11) is 1.84. The van der Waals surface area contributed by atoms with Crippen LogP contribution in [0.2, 0.25) is 0 Å². The Balaban J connectivity index is 1.75. The highest BCUT2D eigenvalue weighted by molar-refractivity contribution is 5.79. The first kappa shape index (κ1) is 20.6. The van der Waals surface area contributed by atoms with E-state index < -0.39 is 0 Å². The molecule has 0 bridgehead atoms. The molecule has 0 spiro atoms. The van der Waals surface area contributed by atoms with Crippen molar-refractivity contribution in [3.63, 3.8) is 0 Å². The molecular formula is C21H35N3O2. The number of nitrogens with one attached hydrogen (secondary N) is 1. The lowest BCUT2D eigenvalue weighted by atomic mass is 9.87. The largest absolute Gasteiger partial charge is 0.492 e. The Morgan fingerprint density at radius 3 is 2.62 bits per heavy atom. The van der Waals surface area contributed by atoms with Crippen LogP contribution in [0.3, 0.4) is 0 Å². The molecule has 1 heterocycles. The van der Waals surface area contributed by atoms with Crippen LogP contribution in [-0.4, -0.2) is 56.9 Å². The van der Waals surface area contributed by atoms with Crippen molar-refractivity contribution in [1.82, 2.24) is 10.2 Å². The maximum absolute atomic E-state index is 5.92. The molecule has 1 aliphatic rings. The van der Waals surface area contributed by atoms with E-state index in [2.05, 4.69) is 61.1 Å². The van der Waals surface area contributed by atoms with E-state index in [0.29, 0.717) is 12.7 Å². The quantitative estimate of drug-likeness (QED) is 0.479. The summed E-state index contributed by atoms with van der Waals surface area (Å²) in [5.41, 5.74) is 1.42. The summed E-state index contributed by atoms with van der Waals surface area (Å²) in [6.45, 7) is 12.8. The van der Waals surface area contributed by atoms with Crippen molar-refractivity contribution in [2.75, 3.05) is 39.9 Å². The first-order valence-electron chi connectivity index (χ1n) is 9.74. The maximum Gasteiger partial charge on any atom is 0.193 e. The molecule has 0 unspecified atom stereocenters. The molecule has 0 amide bonds. The van der Waals surface area contributed by atoms with Gasteiger partial charge in [0.15, 0.2) is 5.96 Å². The molecule has 0 saturated carbocycles. The minimum atomic E-state index is 0.132. The molecule has 2 rings (SSSR count). The summed E-state index contributed by atoms with van der Waals surface area (Å²) in [6.07, 6.45) is 2.52. The fourth-order valence-electron chi connectivity index (χ4n) is 3.19. The Kier molecular flexibility index (Phi) is 7.76. The average Bonchev–Trinajstić information content (AvgIpc) is 2.63. The topological polar surface area (TPSA) is 46.1 Å². The fraction of sp³-hybridized carbons (Fsp3) is 0.667. The van der Waals surface area contributed by atoms with Gasteiger partial charge in [-0.05, 0) is 42.9 Å². The number of nitrogens with zero attached hydrogens (tertiary/aromatic N) is 2. The van der Waals surface area contributed by atoms with E-state index in [-0.39, 0.29) is 5.41 Å². The van der Waals surface area contributed by atoms with Crippen LogP contribution in [-0.2, 0) is 10.2 Å². The van der Waals surface area contributed by atoms with Crippen molar-refractivity contribution in [3.8, 4) is 5.75 Å². The first-order chi connectivity index (χ1) is 12.4. The molecular weight excluding hydrogens is 326 g/mol. The van der Waals surface area contributed by atoms with Gasteiger partial charge in [-0.25, -0.2) is 0 Å². The minimum Gasteiger partial charge on any atom is -0.492 e. The minimum absolute atomic E-state index is 0.132. The third kappa shape index (κ3) is 6.20. The number of likely N-dealkylation sites (tertiary alicyclic amines) is 1. The zero-order valence-electron chi connectivity index (χ0n) is 17.0. The normalized spacial score (nSPS) is 16.7. The Morgan fingerprint density at radius 1 is 1.27 bits per heavy atom. The summed E-state index contributed by atoms with van der Waals surface area (Å²) in [5.74, 6) is 1.87. The second kappa shape index (κ2) is 9.81. The van der Waals surface area contributed by atoms with Crippen LogP contribution in [0.25, 0.3) is 0 Å². The lowest BCUT2D eigenvalue weighted by Gasteiger charge is -2.34. The monoisotopic (exact) mass is 361 g/mol. The van der Waals surface area contributed by atoms with E-state index in [9.17, 15) is 0 Å². The standard InChI is InChI=1S/C21H35N3O2/c1-6-25-18-10-13-24(14-11-18)20(22-5)23-12-15-26-19-9-7-8-17(16-19)21(2,3)4/h7-9,16,18H,6,10-15H2,1-5H3,(H,22,23). The second-order valence-corrected chi connectivity index (χ2v) is 7.74. The molecule has 0 aromatic heterocycles. The van der Waals surface area contributed by atoms with Crippen molar-refractivity contribution >= 4 is 5.96 Å². The van der Waals surface area contributed by atoms with Crippen LogP contribution in [0.4, 0.5) is 0 Å². The van der Waals surface area contributed by atoms with Gasteiger partial charge in [0.25, 0.3) is 0 Å². The molecule has 0 aliphatic carbocycles. The van der Waals surface area contributed by atoms with Gasteiger partial charge in [0.2, 0.25) is 0 Å². The van der Waals surface area contributed by atoms with Gasteiger partial charge in [-0.15, -0.1) is 0 Å². The fourth-order valence-corrected chi connectivity index (χ4v) is 3.19. The highest BCUT2D eigenvalue weighted by Gasteiger charge is 2.21. The molecule has 0 atom stereocenters. The lowest BCUT2D eigenvalue weighted by molar-refractivity contribution is 0.0263. The van der Waals surface area contributed by atoms with Crippen LogP contribution in [0.5, 0.6) is 5.75 Å². The second-order valence-electron chi connectivity index (χ2n) is 7.74. The van der Waals surface area contributed by atoms with Gasteiger partial charge < -0.3 is 19.7 Å². The molecule has 1 fully saturated rings. The number of hydrogen-bond acceptors (Lipinski definition) is 3. The number of rotatable bonds is 6. The molecule has 146 valence electrons. The highest BCUT2D eigenvalue weighted by Crippen LogP contribution is 2.25. The van der Waals surface area contributed by atoms with Crippen molar-refractivity contribution in [2.45, 2.75) is 52.1 Å².